The lowest BCUT2D eigenvalue weighted by Gasteiger charge is -2.17. The number of rotatable bonds is 13. The SMILES string of the molecule is CCCCCCCC(=N)C(=O)c1ccc(Sc2ccccc2)cc1O[C@H](O)c1ccccc1. The zero-order valence-electron chi connectivity index (χ0n) is 19.0. The van der Waals surface area contributed by atoms with Gasteiger partial charge in [-0.1, -0.05) is 92.9 Å². The van der Waals surface area contributed by atoms with E-state index in [0.717, 1.165) is 35.5 Å². The van der Waals surface area contributed by atoms with Crippen molar-refractivity contribution in [1.29, 1.82) is 5.41 Å². The predicted octanol–water partition coefficient (Wildman–Crippen LogP) is 7.47. The first kappa shape index (κ1) is 24.7. The van der Waals surface area contributed by atoms with Crippen LogP contribution in [0.15, 0.2) is 88.7 Å². The van der Waals surface area contributed by atoms with Crippen molar-refractivity contribution >= 4 is 23.3 Å². The number of hydrogen-bond acceptors (Lipinski definition) is 5. The molecule has 0 spiro atoms. The second-order valence-electron chi connectivity index (χ2n) is 7.93. The lowest BCUT2D eigenvalue weighted by atomic mass is 10.0. The molecule has 3 rings (SSSR count). The Morgan fingerprint density at radius 1 is 0.909 bits per heavy atom. The van der Waals surface area contributed by atoms with E-state index in [9.17, 15) is 9.90 Å². The average Bonchev–Trinajstić information content (AvgIpc) is 2.85. The number of benzene rings is 3. The van der Waals surface area contributed by atoms with Crippen LogP contribution < -0.4 is 4.74 Å². The molecule has 0 aliphatic rings. The second kappa shape index (κ2) is 13.0. The molecule has 0 radical (unpaired) electrons. The Hall–Kier alpha value is -2.89. The lowest BCUT2D eigenvalue weighted by molar-refractivity contribution is -0.0199. The first-order valence-electron chi connectivity index (χ1n) is 11.5. The number of aliphatic hydroxyl groups excluding tert-OH is 1. The van der Waals surface area contributed by atoms with Crippen molar-refractivity contribution in [3.63, 3.8) is 0 Å². The van der Waals surface area contributed by atoms with Gasteiger partial charge in [0.2, 0.25) is 12.1 Å². The highest BCUT2D eigenvalue weighted by Gasteiger charge is 2.20. The van der Waals surface area contributed by atoms with Crippen LogP contribution in [0.5, 0.6) is 5.75 Å². The lowest BCUT2D eigenvalue weighted by Crippen LogP contribution is -2.16. The van der Waals surface area contributed by atoms with Crippen LogP contribution >= 0.6 is 11.8 Å². The van der Waals surface area contributed by atoms with E-state index in [0.29, 0.717) is 17.5 Å². The summed E-state index contributed by atoms with van der Waals surface area (Å²) in [4.78, 5) is 15.0. The number of carbonyl (C=O) groups is 1. The molecule has 3 aromatic carbocycles. The normalized spacial score (nSPS) is 11.7. The number of unbranched alkanes of at least 4 members (excludes halogenated alkanes) is 4. The zero-order chi connectivity index (χ0) is 23.5. The molecule has 0 aromatic heterocycles. The number of carbonyl (C=O) groups excluding carboxylic acids is 1. The highest BCUT2D eigenvalue weighted by atomic mass is 32.2. The molecule has 33 heavy (non-hydrogen) atoms. The molecule has 4 nitrogen and oxygen atoms in total. The van der Waals surface area contributed by atoms with Gasteiger partial charge >= 0.3 is 0 Å². The van der Waals surface area contributed by atoms with Crippen LogP contribution in [0.3, 0.4) is 0 Å². The number of hydrogen-bond donors (Lipinski definition) is 2. The molecule has 0 bridgehead atoms. The van der Waals surface area contributed by atoms with Crippen molar-refractivity contribution in [2.24, 2.45) is 0 Å². The Bertz CT molecular complexity index is 1040. The summed E-state index contributed by atoms with van der Waals surface area (Å²) < 4.78 is 5.86. The molecule has 1 atom stereocenters. The van der Waals surface area contributed by atoms with E-state index < -0.39 is 6.29 Å². The van der Waals surface area contributed by atoms with Crippen molar-refractivity contribution in [2.75, 3.05) is 0 Å². The predicted molar refractivity (Wildman–Crippen MR) is 134 cm³/mol. The standard InChI is InChI=1S/C28H31NO3S/c1-2-3-4-5-12-17-25(29)27(30)24-19-18-23(33-22-15-10-7-11-16-22)20-26(24)32-28(31)21-13-8-6-9-14-21/h6-11,13-16,18-20,28-29,31H,2-5,12,17H2,1H3/t28-/m0/s1. The largest absolute Gasteiger partial charge is 0.460 e. The molecule has 0 saturated carbocycles. The minimum absolute atomic E-state index is 0.0778. The van der Waals surface area contributed by atoms with Crippen molar-refractivity contribution in [3.8, 4) is 5.75 Å². The minimum atomic E-state index is -1.21. The van der Waals surface area contributed by atoms with Crippen LogP contribution in [0.4, 0.5) is 0 Å². The molecule has 3 aromatic rings. The maximum absolute atomic E-state index is 13.1. The van der Waals surface area contributed by atoms with Gasteiger partial charge in [0, 0.05) is 15.4 Å². The summed E-state index contributed by atoms with van der Waals surface area (Å²) in [6.07, 6.45) is 4.55. The molecule has 0 amide bonds. The van der Waals surface area contributed by atoms with Gasteiger partial charge in [-0.2, -0.15) is 0 Å². The number of ketones is 1. The van der Waals surface area contributed by atoms with E-state index in [2.05, 4.69) is 6.92 Å². The fraction of sp³-hybridized carbons (Fsp3) is 0.286. The maximum atomic E-state index is 13.1. The third-order valence-corrected chi connectivity index (χ3v) is 6.30. The molecule has 0 aliphatic carbocycles. The molecular formula is C28H31NO3S. The molecule has 0 aliphatic heterocycles. The van der Waals surface area contributed by atoms with Gasteiger partial charge in [0.05, 0.1) is 11.3 Å². The fourth-order valence-corrected chi connectivity index (χ4v) is 4.33. The van der Waals surface area contributed by atoms with Gasteiger partial charge in [-0.25, -0.2) is 0 Å². The van der Waals surface area contributed by atoms with Gasteiger partial charge in [-0.3, -0.25) is 4.79 Å². The van der Waals surface area contributed by atoms with Crippen molar-refractivity contribution in [2.45, 2.75) is 61.5 Å². The number of Topliss-reactive ketones (excluding diaryl/α,β-unsaturated/α-hetero) is 1. The summed E-state index contributed by atoms with van der Waals surface area (Å²) in [6, 6.07) is 24.3. The van der Waals surface area contributed by atoms with Crippen LogP contribution in [0.1, 0.15) is 67.7 Å². The quantitative estimate of drug-likeness (QED) is 0.120. The Balaban J connectivity index is 1.80. The smallest absolute Gasteiger partial charge is 0.224 e. The molecule has 172 valence electrons. The van der Waals surface area contributed by atoms with E-state index in [1.165, 1.54) is 6.42 Å². The summed E-state index contributed by atoms with van der Waals surface area (Å²) in [5, 5.41) is 18.9. The van der Waals surface area contributed by atoms with E-state index in [1.807, 2.05) is 54.6 Å². The summed E-state index contributed by atoms with van der Waals surface area (Å²) in [7, 11) is 0. The minimum Gasteiger partial charge on any atom is -0.460 e. The van der Waals surface area contributed by atoms with Crippen LogP contribution in [-0.4, -0.2) is 16.6 Å². The Morgan fingerprint density at radius 2 is 1.58 bits per heavy atom. The third kappa shape index (κ3) is 7.58. The molecule has 0 heterocycles. The van der Waals surface area contributed by atoms with E-state index in [-0.39, 0.29) is 17.2 Å². The van der Waals surface area contributed by atoms with Gasteiger partial charge in [0.25, 0.3) is 0 Å². The Morgan fingerprint density at radius 3 is 2.27 bits per heavy atom. The molecule has 0 fully saturated rings. The Labute approximate surface area is 200 Å². The first-order valence-corrected chi connectivity index (χ1v) is 12.3. The van der Waals surface area contributed by atoms with Crippen LogP contribution in [-0.2, 0) is 0 Å². The molecule has 0 unspecified atom stereocenters. The monoisotopic (exact) mass is 461 g/mol. The number of aliphatic hydroxyl groups is 1. The summed E-state index contributed by atoms with van der Waals surface area (Å²) in [5.41, 5.74) is 0.984. The summed E-state index contributed by atoms with van der Waals surface area (Å²) in [5.74, 6) is -0.0648. The van der Waals surface area contributed by atoms with E-state index >= 15 is 0 Å². The van der Waals surface area contributed by atoms with Crippen LogP contribution in [0, 0.1) is 5.41 Å². The molecule has 5 heteroatoms. The Kier molecular flexibility index (Phi) is 9.73. The highest BCUT2D eigenvalue weighted by Crippen LogP contribution is 2.34. The van der Waals surface area contributed by atoms with Crippen molar-refractivity contribution < 1.29 is 14.6 Å². The van der Waals surface area contributed by atoms with Gasteiger partial charge < -0.3 is 15.3 Å². The highest BCUT2D eigenvalue weighted by molar-refractivity contribution is 7.99. The van der Waals surface area contributed by atoms with Crippen LogP contribution in [0.2, 0.25) is 0 Å². The molecule has 0 saturated heterocycles. The summed E-state index contributed by atoms with van der Waals surface area (Å²) >= 11 is 1.55. The fourth-order valence-electron chi connectivity index (χ4n) is 3.46. The van der Waals surface area contributed by atoms with Crippen molar-refractivity contribution in [3.05, 3.63) is 90.0 Å². The van der Waals surface area contributed by atoms with Gasteiger partial charge in [0.15, 0.2) is 0 Å². The van der Waals surface area contributed by atoms with Gasteiger partial charge in [-0.15, -0.1) is 0 Å². The molecular weight excluding hydrogens is 430 g/mol. The van der Waals surface area contributed by atoms with Crippen molar-refractivity contribution in [1.82, 2.24) is 0 Å². The van der Waals surface area contributed by atoms with Gasteiger partial charge in [-0.05, 0) is 43.2 Å². The maximum Gasteiger partial charge on any atom is 0.224 e. The van der Waals surface area contributed by atoms with Crippen LogP contribution in [0.25, 0.3) is 0 Å². The van der Waals surface area contributed by atoms with Gasteiger partial charge in [0.1, 0.15) is 5.75 Å². The summed E-state index contributed by atoms with van der Waals surface area (Å²) in [6.45, 7) is 2.16. The topological polar surface area (TPSA) is 70.4 Å². The second-order valence-corrected chi connectivity index (χ2v) is 9.07. The average molecular weight is 462 g/mol. The molecule has 2 N–H and O–H groups in total. The third-order valence-electron chi connectivity index (χ3n) is 5.30. The zero-order valence-corrected chi connectivity index (χ0v) is 19.8. The first-order chi connectivity index (χ1) is 16.1. The van der Waals surface area contributed by atoms with E-state index in [4.69, 9.17) is 10.1 Å². The number of nitrogens with one attached hydrogen (secondary N) is 1. The number of ether oxygens (including phenoxy) is 1. The van der Waals surface area contributed by atoms with E-state index in [1.54, 1.807) is 36.0 Å².